The summed E-state index contributed by atoms with van der Waals surface area (Å²) in [6, 6.07) is 4.91. The molecule has 6 heteroatoms. The van der Waals surface area contributed by atoms with Crippen LogP contribution >= 0.6 is 0 Å². The fourth-order valence-electron chi connectivity index (χ4n) is 1.52. The lowest BCUT2D eigenvalue weighted by Crippen LogP contribution is -2.19. The zero-order valence-electron chi connectivity index (χ0n) is 8.47. The number of fused-ring (bicyclic) bond motifs is 1. The van der Waals surface area contributed by atoms with Crippen LogP contribution in [0.4, 0.5) is 5.69 Å². The fourth-order valence-corrected chi connectivity index (χ4v) is 1.52. The van der Waals surface area contributed by atoms with Crippen LogP contribution in [0.5, 0.6) is 0 Å². The van der Waals surface area contributed by atoms with Gasteiger partial charge in [0.05, 0.1) is 5.52 Å². The van der Waals surface area contributed by atoms with Crippen LogP contribution in [0.1, 0.15) is 6.42 Å². The fraction of sp³-hybridized carbons (Fsp3) is 0.200. The van der Waals surface area contributed by atoms with E-state index in [9.17, 15) is 9.59 Å². The number of amides is 1. The van der Waals surface area contributed by atoms with Crippen LogP contribution in [-0.4, -0.2) is 10.5 Å². The van der Waals surface area contributed by atoms with E-state index in [0.717, 1.165) is 0 Å². The second-order valence-corrected chi connectivity index (χ2v) is 3.46. The molecule has 16 heavy (non-hydrogen) atoms. The lowest BCUT2D eigenvalue weighted by atomic mass is 10.3. The number of nitrogens with zero attached hydrogens (tertiary/aromatic N) is 1. The molecule has 1 amide bonds. The highest BCUT2D eigenvalue weighted by Gasteiger charge is 2.09. The second kappa shape index (κ2) is 3.73. The third-order valence-corrected chi connectivity index (χ3v) is 2.27. The third kappa shape index (κ3) is 1.77. The van der Waals surface area contributed by atoms with Gasteiger partial charge in [-0.2, -0.15) is 0 Å². The van der Waals surface area contributed by atoms with Crippen LogP contribution in [0, 0.1) is 0 Å². The van der Waals surface area contributed by atoms with Gasteiger partial charge >= 0.3 is 5.76 Å². The molecular weight excluding hydrogens is 210 g/mol. The summed E-state index contributed by atoms with van der Waals surface area (Å²) in [5.41, 5.74) is 12.1. The Morgan fingerprint density at radius 1 is 1.44 bits per heavy atom. The van der Waals surface area contributed by atoms with Gasteiger partial charge in [-0.05, 0) is 12.1 Å². The number of anilines is 1. The highest BCUT2D eigenvalue weighted by Crippen LogP contribution is 2.16. The van der Waals surface area contributed by atoms with Crippen molar-refractivity contribution in [3.63, 3.8) is 0 Å². The van der Waals surface area contributed by atoms with Gasteiger partial charge in [0, 0.05) is 24.7 Å². The van der Waals surface area contributed by atoms with Gasteiger partial charge in [0.25, 0.3) is 0 Å². The molecule has 0 fully saturated rings. The quantitative estimate of drug-likeness (QED) is 0.714. The monoisotopic (exact) mass is 221 g/mol. The number of benzene rings is 1. The Bertz CT molecular complexity index is 597. The predicted molar refractivity (Wildman–Crippen MR) is 58.7 cm³/mol. The Balaban J connectivity index is 2.48. The molecule has 0 spiro atoms. The maximum atomic E-state index is 11.5. The molecule has 6 nitrogen and oxygen atoms in total. The van der Waals surface area contributed by atoms with Gasteiger partial charge in [-0.1, -0.05) is 0 Å². The first-order chi connectivity index (χ1) is 7.58. The number of oxazole rings is 1. The molecule has 1 heterocycles. The van der Waals surface area contributed by atoms with Crippen LogP contribution in [-0.2, 0) is 11.3 Å². The lowest BCUT2D eigenvalue weighted by Gasteiger charge is -1.99. The molecule has 2 rings (SSSR count). The largest absolute Gasteiger partial charge is 0.419 e. The smallest absolute Gasteiger partial charge is 0.408 e. The van der Waals surface area contributed by atoms with Crippen molar-refractivity contribution in [3.8, 4) is 0 Å². The van der Waals surface area contributed by atoms with Gasteiger partial charge in [-0.3, -0.25) is 9.36 Å². The molecule has 0 aliphatic carbocycles. The number of primary amides is 1. The Kier molecular flexibility index (Phi) is 2.40. The average Bonchev–Trinajstić information content (AvgIpc) is 2.50. The first-order valence-electron chi connectivity index (χ1n) is 4.75. The van der Waals surface area contributed by atoms with Gasteiger partial charge in [0.1, 0.15) is 0 Å². The predicted octanol–water partition coefficient (Wildman–Crippen LogP) is 0.0521. The van der Waals surface area contributed by atoms with E-state index in [4.69, 9.17) is 15.9 Å². The molecule has 0 unspecified atom stereocenters. The minimum absolute atomic E-state index is 0.0961. The molecule has 4 N–H and O–H groups in total. The molecule has 84 valence electrons. The third-order valence-electron chi connectivity index (χ3n) is 2.27. The highest BCUT2D eigenvalue weighted by molar-refractivity contribution is 5.77. The second-order valence-electron chi connectivity index (χ2n) is 3.46. The topological polar surface area (TPSA) is 104 Å². The summed E-state index contributed by atoms with van der Waals surface area (Å²) in [6.45, 7) is 0.213. The number of rotatable bonds is 3. The van der Waals surface area contributed by atoms with Crippen molar-refractivity contribution in [2.75, 3.05) is 5.73 Å². The van der Waals surface area contributed by atoms with E-state index in [1.165, 1.54) is 4.57 Å². The van der Waals surface area contributed by atoms with Crippen molar-refractivity contribution in [2.45, 2.75) is 13.0 Å². The zero-order chi connectivity index (χ0) is 11.7. The molecule has 0 radical (unpaired) electrons. The van der Waals surface area contributed by atoms with E-state index < -0.39 is 11.7 Å². The molecular formula is C10H11N3O3. The van der Waals surface area contributed by atoms with E-state index >= 15 is 0 Å². The van der Waals surface area contributed by atoms with Crippen molar-refractivity contribution in [1.82, 2.24) is 4.57 Å². The number of aryl methyl sites for hydroxylation is 1. The molecule has 0 saturated heterocycles. The minimum atomic E-state index is -0.512. The van der Waals surface area contributed by atoms with Gasteiger partial charge in [-0.15, -0.1) is 0 Å². The number of nitrogen functional groups attached to an aromatic ring is 1. The maximum absolute atomic E-state index is 11.5. The summed E-state index contributed by atoms with van der Waals surface area (Å²) in [5, 5.41) is 0. The summed E-state index contributed by atoms with van der Waals surface area (Å²) in [6.07, 6.45) is 0.0961. The standard InChI is InChI=1S/C10H11N3O3/c11-6-1-2-7-8(5-6)16-10(15)13(7)4-3-9(12)14/h1-2,5H,3-4,11H2,(H2,12,14). The van der Waals surface area contributed by atoms with Crippen LogP contribution in [0.15, 0.2) is 27.4 Å². The first-order valence-corrected chi connectivity index (χ1v) is 4.75. The van der Waals surface area contributed by atoms with Gasteiger partial charge < -0.3 is 15.9 Å². The molecule has 0 saturated carbocycles. The molecule has 0 bridgehead atoms. The van der Waals surface area contributed by atoms with E-state index in [0.29, 0.717) is 16.8 Å². The summed E-state index contributed by atoms with van der Waals surface area (Å²) in [7, 11) is 0. The number of aromatic nitrogens is 1. The van der Waals surface area contributed by atoms with E-state index in [-0.39, 0.29) is 13.0 Å². The highest BCUT2D eigenvalue weighted by atomic mass is 16.4. The molecule has 1 aromatic carbocycles. The Labute approximate surface area is 90.4 Å². The summed E-state index contributed by atoms with van der Waals surface area (Å²) >= 11 is 0. The van der Waals surface area contributed by atoms with Crippen LogP contribution in [0.2, 0.25) is 0 Å². The van der Waals surface area contributed by atoms with E-state index in [1.54, 1.807) is 18.2 Å². The van der Waals surface area contributed by atoms with Crippen LogP contribution in [0.25, 0.3) is 11.1 Å². The molecule has 0 atom stereocenters. The van der Waals surface area contributed by atoms with E-state index in [2.05, 4.69) is 0 Å². The van der Waals surface area contributed by atoms with Gasteiger partial charge in [-0.25, -0.2) is 4.79 Å². The minimum Gasteiger partial charge on any atom is -0.408 e. The number of carbonyl (C=O) groups excluding carboxylic acids is 1. The molecule has 1 aromatic heterocycles. The summed E-state index contributed by atoms with van der Waals surface area (Å²) in [4.78, 5) is 22.1. The maximum Gasteiger partial charge on any atom is 0.419 e. The van der Waals surface area contributed by atoms with E-state index in [1.807, 2.05) is 0 Å². The molecule has 2 aromatic rings. The Hall–Kier alpha value is -2.24. The van der Waals surface area contributed by atoms with Crippen molar-refractivity contribution >= 4 is 22.7 Å². The lowest BCUT2D eigenvalue weighted by molar-refractivity contribution is -0.118. The van der Waals surface area contributed by atoms with Crippen LogP contribution in [0.3, 0.4) is 0 Å². The molecule has 0 aliphatic heterocycles. The van der Waals surface area contributed by atoms with Crippen LogP contribution < -0.4 is 17.2 Å². The Morgan fingerprint density at radius 3 is 2.88 bits per heavy atom. The summed E-state index contributed by atoms with van der Waals surface area (Å²) in [5.74, 6) is -0.974. The first kappa shape index (κ1) is 10.3. The molecule has 0 aliphatic rings. The van der Waals surface area contributed by atoms with Crippen molar-refractivity contribution in [3.05, 3.63) is 28.7 Å². The number of hydrogen-bond acceptors (Lipinski definition) is 4. The zero-order valence-corrected chi connectivity index (χ0v) is 8.47. The summed E-state index contributed by atoms with van der Waals surface area (Å²) < 4.78 is 6.35. The van der Waals surface area contributed by atoms with Crippen molar-refractivity contribution in [1.29, 1.82) is 0 Å². The van der Waals surface area contributed by atoms with Gasteiger partial charge in [0.2, 0.25) is 5.91 Å². The number of nitrogens with two attached hydrogens (primary N) is 2. The SMILES string of the molecule is NC(=O)CCn1c(=O)oc2cc(N)ccc21. The number of hydrogen-bond donors (Lipinski definition) is 2. The van der Waals surface area contributed by atoms with Crippen molar-refractivity contribution in [2.24, 2.45) is 5.73 Å². The normalized spacial score (nSPS) is 10.8. The number of carbonyl (C=O) groups is 1. The average molecular weight is 221 g/mol. The Morgan fingerprint density at radius 2 is 2.19 bits per heavy atom. The van der Waals surface area contributed by atoms with Gasteiger partial charge in [0.15, 0.2) is 5.58 Å². The van der Waals surface area contributed by atoms with Crippen molar-refractivity contribution < 1.29 is 9.21 Å².